The highest BCUT2D eigenvalue weighted by Gasteiger charge is 2.28. The summed E-state index contributed by atoms with van der Waals surface area (Å²) in [5.41, 5.74) is 1.63. The summed E-state index contributed by atoms with van der Waals surface area (Å²) in [4.78, 5) is 30.5. The molecule has 0 fully saturated rings. The van der Waals surface area contributed by atoms with E-state index in [-0.39, 0.29) is 17.1 Å². The van der Waals surface area contributed by atoms with Crippen molar-refractivity contribution >= 4 is 56.1 Å². The van der Waals surface area contributed by atoms with E-state index in [9.17, 15) is 9.59 Å². The van der Waals surface area contributed by atoms with Gasteiger partial charge < -0.3 is 10.1 Å². The first kappa shape index (κ1) is 18.8. The zero-order valence-electron chi connectivity index (χ0n) is 14.4. The number of carbonyl (C=O) groups excluding carboxylic acids is 2. The van der Waals surface area contributed by atoms with Crippen LogP contribution in [0.3, 0.4) is 0 Å². The summed E-state index contributed by atoms with van der Waals surface area (Å²) in [7, 11) is 1.39. The molecule has 25 heavy (non-hydrogen) atoms. The number of hydrogen-bond donors (Lipinski definition) is 1. The van der Waals surface area contributed by atoms with Gasteiger partial charge in [-0.1, -0.05) is 29.9 Å². The van der Waals surface area contributed by atoms with E-state index in [1.54, 1.807) is 11.8 Å². The number of ether oxygens (including phenoxy) is 1. The highest BCUT2D eigenvalue weighted by Crippen LogP contribution is 2.38. The number of nitrogens with one attached hydrogen (secondary N) is 1. The first-order valence-corrected chi connectivity index (χ1v) is 11.2. The molecule has 1 atom stereocenters. The number of thioether (sulfide) groups is 2. The molecule has 1 N–H and O–H groups in total. The molecule has 2 aliphatic rings. The van der Waals surface area contributed by atoms with Gasteiger partial charge in [0.1, 0.15) is 9.38 Å². The van der Waals surface area contributed by atoms with Crippen molar-refractivity contribution < 1.29 is 14.3 Å². The average molecular weight is 399 g/mol. The van der Waals surface area contributed by atoms with Crippen LogP contribution in [0.4, 0.5) is 5.00 Å². The maximum Gasteiger partial charge on any atom is 0.341 e. The number of esters is 1. The van der Waals surface area contributed by atoms with Crippen LogP contribution in [0, 0.1) is 0 Å². The van der Waals surface area contributed by atoms with Crippen molar-refractivity contribution in [2.24, 2.45) is 4.99 Å². The van der Waals surface area contributed by atoms with Gasteiger partial charge in [-0.3, -0.25) is 9.79 Å². The molecule has 1 aliphatic carbocycles. The minimum Gasteiger partial charge on any atom is -0.465 e. The quantitative estimate of drug-likeness (QED) is 0.614. The molecule has 1 aromatic heterocycles. The van der Waals surface area contributed by atoms with Crippen LogP contribution in [0.15, 0.2) is 4.99 Å². The Hall–Kier alpha value is -0.990. The van der Waals surface area contributed by atoms with E-state index in [0.29, 0.717) is 10.6 Å². The van der Waals surface area contributed by atoms with Crippen molar-refractivity contribution in [1.82, 2.24) is 0 Å². The highest BCUT2D eigenvalue weighted by molar-refractivity contribution is 8.39. The number of aryl methyl sites for hydroxylation is 1. The third kappa shape index (κ3) is 4.41. The van der Waals surface area contributed by atoms with Gasteiger partial charge in [0.2, 0.25) is 5.91 Å². The largest absolute Gasteiger partial charge is 0.465 e. The molecule has 0 radical (unpaired) electrons. The second kappa shape index (κ2) is 8.60. The summed E-state index contributed by atoms with van der Waals surface area (Å²) in [6.45, 7) is 2.70. The SMILES string of the molecule is COC(=O)c1c(NC(=O)C(C)SC2=NCCS2)sc2c1CCCCC2. The minimum absolute atomic E-state index is 0.0956. The monoisotopic (exact) mass is 398 g/mol. The van der Waals surface area contributed by atoms with E-state index in [2.05, 4.69) is 10.3 Å². The van der Waals surface area contributed by atoms with Crippen molar-refractivity contribution in [2.75, 3.05) is 24.7 Å². The van der Waals surface area contributed by atoms with Crippen molar-refractivity contribution in [2.45, 2.75) is 44.3 Å². The van der Waals surface area contributed by atoms with Crippen molar-refractivity contribution in [3.63, 3.8) is 0 Å². The number of methoxy groups -OCH3 is 1. The Bertz CT molecular complexity index is 700. The van der Waals surface area contributed by atoms with Crippen LogP contribution in [0.2, 0.25) is 0 Å². The van der Waals surface area contributed by atoms with Gasteiger partial charge >= 0.3 is 5.97 Å². The maximum absolute atomic E-state index is 12.6. The van der Waals surface area contributed by atoms with Crippen LogP contribution in [0.1, 0.15) is 47.0 Å². The Morgan fingerprint density at radius 2 is 2.08 bits per heavy atom. The summed E-state index contributed by atoms with van der Waals surface area (Å²) < 4.78 is 5.95. The van der Waals surface area contributed by atoms with Gasteiger partial charge in [-0.2, -0.15) is 0 Å². The van der Waals surface area contributed by atoms with Crippen molar-refractivity contribution in [3.05, 3.63) is 16.0 Å². The third-order valence-corrected chi connectivity index (χ3v) is 7.76. The molecule has 136 valence electrons. The zero-order chi connectivity index (χ0) is 17.8. The summed E-state index contributed by atoms with van der Waals surface area (Å²) in [5, 5.41) is 3.35. The fourth-order valence-electron chi connectivity index (χ4n) is 2.95. The second-order valence-corrected chi connectivity index (χ2v) is 9.78. The average Bonchev–Trinajstić information content (AvgIpc) is 3.16. The van der Waals surface area contributed by atoms with Gasteiger partial charge in [-0.25, -0.2) is 4.79 Å². The number of anilines is 1. The molecule has 0 bridgehead atoms. The molecule has 2 heterocycles. The molecule has 1 unspecified atom stereocenters. The van der Waals surface area contributed by atoms with Crippen molar-refractivity contribution in [1.29, 1.82) is 0 Å². The topological polar surface area (TPSA) is 67.8 Å². The lowest BCUT2D eigenvalue weighted by Crippen LogP contribution is -2.24. The van der Waals surface area contributed by atoms with Gasteiger partial charge in [0, 0.05) is 10.6 Å². The van der Waals surface area contributed by atoms with Gasteiger partial charge in [0.15, 0.2) is 0 Å². The van der Waals surface area contributed by atoms with Gasteiger partial charge in [-0.15, -0.1) is 11.3 Å². The lowest BCUT2D eigenvalue weighted by molar-refractivity contribution is -0.115. The molecule has 1 aliphatic heterocycles. The van der Waals surface area contributed by atoms with Crippen LogP contribution in [0.5, 0.6) is 0 Å². The lowest BCUT2D eigenvalue weighted by atomic mass is 10.1. The Kier molecular flexibility index (Phi) is 6.46. The fraction of sp³-hybridized carbons (Fsp3) is 0.588. The number of rotatable bonds is 4. The first-order chi connectivity index (χ1) is 12.1. The number of fused-ring (bicyclic) bond motifs is 1. The molecular weight excluding hydrogens is 376 g/mol. The van der Waals surface area contributed by atoms with E-state index < -0.39 is 0 Å². The Balaban J connectivity index is 1.78. The third-order valence-electron chi connectivity index (χ3n) is 4.25. The number of nitrogens with zero attached hydrogens (tertiary/aromatic N) is 1. The Morgan fingerprint density at radius 3 is 2.80 bits per heavy atom. The molecule has 1 amide bonds. The van der Waals surface area contributed by atoms with Crippen LogP contribution < -0.4 is 5.32 Å². The second-order valence-electron chi connectivity index (χ2n) is 6.01. The standard InChI is InChI=1S/C17H22N2O3S3/c1-10(24-17-18-8-9-23-17)14(20)19-15-13(16(21)22-2)11-6-4-3-5-7-12(11)25-15/h10H,3-9H2,1-2H3,(H,19,20). The normalized spacial score (nSPS) is 18.1. The zero-order valence-corrected chi connectivity index (χ0v) is 16.9. The Morgan fingerprint density at radius 1 is 1.28 bits per heavy atom. The molecular formula is C17H22N2O3S3. The number of thiophene rings is 1. The van der Waals surface area contributed by atoms with E-state index in [0.717, 1.165) is 47.9 Å². The molecule has 1 aromatic rings. The van der Waals surface area contributed by atoms with Crippen LogP contribution in [-0.2, 0) is 22.4 Å². The number of amides is 1. The predicted molar refractivity (Wildman–Crippen MR) is 107 cm³/mol. The summed E-state index contributed by atoms with van der Waals surface area (Å²) >= 11 is 4.70. The molecule has 0 spiro atoms. The van der Waals surface area contributed by atoms with Gasteiger partial charge in [0.25, 0.3) is 0 Å². The summed E-state index contributed by atoms with van der Waals surface area (Å²) in [6.07, 6.45) is 5.23. The first-order valence-electron chi connectivity index (χ1n) is 8.47. The Labute approximate surface area is 160 Å². The molecule has 3 rings (SSSR count). The highest BCUT2D eigenvalue weighted by atomic mass is 32.2. The van der Waals surface area contributed by atoms with Gasteiger partial charge in [0.05, 0.1) is 24.5 Å². The van der Waals surface area contributed by atoms with Crippen LogP contribution in [-0.4, -0.2) is 40.9 Å². The van der Waals surface area contributed by atoms with Crippen LogP contribution in [0.25, 0.3) is 0 Å². The smallest absolute Gasteiger partial charge is 0.341 e. The van der Waals surface area contributed by atoms with Crippen LogP contribution >= 0.6 is 34.9 Å². The molecule has 0 saturated heterocycles. The molecule has 5 nitrogen and oxygen atoms in total. The van der Waals surface area contributed by atoms with Gasteiger partial charge in [-0.05, 0) is 38.2 Å². The summed E-state index contributed by atoms with van der Waals surface area (Å²) in [5.74, 6) is 0.536. The lowest BCUT2D eigenvalue weighted by Gasteiger charge is -2.12. The molecule has 0 saturated carbocycles. The van der Waals surface area contributed by atoms with Crippen molar-refractivity contribution in [3.8, 4) is 0 Å². The van der Waals surface area contributed by atoms with E-state index in [1.807, 2.05) is 6.92 Å². The number of aliphatic imine (C=N–C) groups is 1. The maximum atomic E-state index is 12.6. The predicted octanol–water partition coefficient (Wildman–Crippen LogP) is 3.97. The summed E-state index contributed by atoms with van der Waals surface area (Å²) in [6, 6.07) is 0. The minimum atomic E-state index is -0.356. The van der Waals surface area contributed by atoms with E-state index in [4.69, 9.17) is 4.74 Å². The number of hydrogen-bond acceptors (Lipinski definition) is 7. The molecule has 0 aromatic carbocycles. The number of carbonyl (C=O) groups is 2. The molecule has 8 heteroatoms. The van der Waals surface area contributed by atoms with E-state index in [1.165, 1.54) is 41.5 Å². The fourth-order valence-corrected chi connectivity index (χ4v) is 6.36. The van der Waals surface area contributed by atoms with E-state index >= 15 is 0 Å².